The van der Waals surface area contributed by atoms with Crippen LogP contribution in [0, 0.1) is 0 Å². The van der Waals surface area contributed by atoms with Gasteiger partial charge < -0.3 is 15.4 Å². The lowest BCUT2D eigenvalue weighted by atomic mass is 9.84. The van der Waals surface area contributed by atoms with E-state index in [9.17, 15) is 4.79 Å². The zero-order valence-corrected chi connectivity index (χ0v) is 13.5. The Bertz CT molecular complexity index is 505. The molecule has 116 valence electrons. The fourth-order valence-corrected chi connectivity index (χ4v) is 2.65. The Morgan fingerprint density at radius 3 is 2.95 bits per heavy atom. The Hall–Kier alpha value is -1.10. The number of benzene rings is 1. The zero-order valence-electron chi connectivity index (χ0n) is 12.8. The molecular formula is C16H23ClN2O2. The third kappa shape index (κ3) is 4.19. The molecule has 1 fully saturated rings. The van der Waals surface area contributed by atoms with Crippen molar-refractivity contribution in [3.05, 3.63) is 34.9 Å². The monoisotopic (exact) mass is 310 g/mol. The van der Waals surface area contributed by atoms with Crippen LogP contribution in [0.25, 0.3) is 0 Å². The summed E-state index contributed by atoms with van der Waals surface area (Å²) < 4.78 is 5.50. The molecule has 4 nitrogen and oxygen atoms in total. The van der Waals surface area contributed by atoms with Crippen molar-refractivity contribution >= 4 is 17.5 Å². The van der Waals surface area contributed by atoms with Crippen LogP contribution < -0.4 is 10.6 Å². The molecule has 1 aromatic rings. The Morgan fingerprint density at radius 2 is 2.29 bits per heavy atom. The highest BCUT2D eigenvalue weighted by atomic mass is 35.5. The van der Waals surface area contributed by atoms with Crippen LogP contribution >= 0.6 is 11.6 Å². The van der Waals surface area contributed by atoms with Crippen molar-refractivity contribution in [3.63, 3.8) is 0 Å². The number of halogens is 1. The lowest BCUT2D eigenvalue weighted by Gasteiger charge is -2.31. The predicted octanol–water partition coefficient (Wildman–Crippen LogP) is 2.11. The van der Waals surface area contributed by atoms with E-state index in [4.69, 9.17) is 16.3 Å². The number of nitrogens with one attached hydrogen (secondary N) is 2. The molecule has 1 amide bonds. The van der Waals surface area contributed by atoms with Crippen LogP contribution in [0.4, 0.5) is 0 Å². The number of amides is 1. The highest BCUT2D eigenvalue weighted by Crippen LogP contribution is 2.24. The number of rotatable bonds is 4. The molecule has 2 atom stereocenters. The molecule has 2 N–H and O–H groups in total. The summed E-state index contributed by atoms with van der Waals surface area (Å²) in [5, 5.41) is 6.92. The van der Waals surface area contributed by atoms with E-state index in [2.05, 4.69) is 24.5 Å². The fraction of sp³-hybridized carbons (Fsp3) is 0.562. The maximum atomic E-state index is 12.3. The standard InChI is InChI=1S/C16H23ClN2O2/c1-11-14(18-7-8-21-11)15(20)19-10-16(2,3)12-5-4-6-13(17)9-12/h4-6,9,11,14,18H,7-8,10H2,1-3H3,(H,19,20)/t11-,14+/m1/s1. The molecule has 0 bridgehead atoms. The van der Waals surface area contributed by atoms with Gasteiger partial charge in [0.05, 0.1) is 12.7 Å². The van der Waals surface area contributed by atoms with Crippen LogP contribution in [0.15, 0.2) is 24.3 Å². The molecule has 0 saturated carbocycles. The Morgan fingerprint density at radius 1 is 1.52 bits per heavy atom. The number of ether oxygens (including phenoxy) is 1. The maximum Gasteiger partial charge on any atom is 0.239 e. The summed E-state index contributed by atoms with van der Waals surface area (Å²) in [7, 11) is 0. The number of hydrogen-bond acceptors (Lipinski definition) is 3. The first-order chi connectivity index (χ1) is 9.90. The first-order valence-corrected chi connectivity index (χ1v) is 7.67. The van der Waals surface area contributed by atoms with E-state index in [0.717, 1.165) is 5.56 Å². The molecule has 0 spiro atoms. The van der Waals surface area contributed by atoms with E-state index in [1.165, 1.54) is 0 Å². The Kier molecular flexibility index (Phi) is 5.25. The molecule has 0 unspecified atom stereocenters. The van der Waals surface area contributed by atoms with Crippen molar-refractivity contribution in [2.24, 2.45) is 0 Å². The van der Waals surface area contributed by atoms with Gasteiger partial charge in [0.1, 0.15) is 6.04 Å². The van der Waals surface area contributed by atoms with Crippen molar-refractivity contribution in [2.75, 3.05) is 19.7 Å². The molecule has 1 aliphatic heterocycles. The number of carbonyl (C=O) groups excluding carboxylic acids is 1. The van der Waals surface area contributed by atoms with Crippen molar-refractivity contribution in [1.82, 2.24) is 10.6 Å². The molecule has 0 radical (unpaired) electrons. The topological polar surface area (TPSA) is 50.4 Å². The van der Waals surface area contributed by atoms with E-state index in [1.807, 2.05) is 31.2 Å². The van der Waals surface area contributed by atoms with Gasteiger partial charge in [-0.15, -0.1) is 0 Å². The van der Waals surface area contributed by atoms with E-state index in [0.29, 0.717) is 24.7 Å². The van der Waals surface area contributed by atoms with Crippen LogP contribution in [-0.4, -0.2) is 37.7 Å². The van der Waals surface area contributed by atoms with Gasteiger partial charge in [0.2, 0.25) is 5.91 Å². The average molecular weight is 311 g/mol. The molecule has 2 rings (SSSR count). The van der Waals surface area contributed by atoms with Gasteiger partial charge in [-0.05, 0) is 24.6 Å². The second-order valence-corrected chi connectivity index (χ2v) is 6.56. The predicted molar refractivity (Wildman–Crippen MR) is 84.7 cm³/mol. The largest absolute Gasteiger partial charge is 0.375 e. The highest BCUT2D eigenvalue weighted by molar-refractivity contribution is 6.30. The summed E-state index contributed by atoms with van der Waals surface area (Å²) >= 11 is 6.04. The number of morpholine rings is 1. The van der Waals surface area contributed by atoms with Crippen LogP contribution in [-0.2, 0) is 14.9 Å². The second-order valence-electron chi connectivity index (χ2n) is 6.12. The summed E-state index contributed by atoms with van der Waals surface area (Å²) in [5.41, 5.74) is 0.926. The summed E-state index contributed by atoms with van der Waals surface area (Å²) in [6.07, 6.45) is -0.104. The molecule has 1 aliphatic rings. The van der Waals surface area contributed by atoms with Gasteiger partial charge in [0.15, 0.2) is 0 Å². The van der Waals surface area contributed by atoms with Crippen LogP contribution in [0.2, 0.25) is 5.02 Å². The maximum absolute atomic E-state index is 12.3. The normalized spacial score (nSPS) is 22.9. The summed E-state index contributed by atoms with van der Waals surface area (Å²) in [4.78, 5) is 12.3. The molecule has 0 aromatic heterocycles. The summed E-state index contributed by atoms with van der Waals surface area (Å²) in [5.74, 6) is -0.0164. The van der Waals surface area contributed by atoms with Crippen molar-refractivity contribution in [1.29, 1.82) is 0 Å². The number of carbonyl (C=O) groups is 1. The van der Waals surface area contributed by atoms with Crippen LogP contribution in [0.5, 0.6) is 0 Å². The van der Waals surface area contributed by atoms with E-state index >= 15 is 0 Å². The Balaban J connectivity index is 1.96. The summed E-state index contributed by atoms with van der Waals surface area (Å²) in [6, 6.07) is 7.47. The summed E-state index contributed by atoms with van der Waals surface area (Å²) in [6.45, 7) is 8.01. The molecule has 5 heteroatoms. The van der Waals surface area contributed by atoms with E-state index in [-0.39, 0.29) is 23.5 Å². The molecule has 0 aliphatic carbocycles. The number of hydrogen-bond donors (Lipinski definition) is 2. The first-order valence-electron chi connectivity index (χ1n) is 7.29. The quantitative estimate of drug-likeness (QED) is 0.895. The third-order valence-corrected chi connectivity index (χ3v) is 4.14. The average Bonchev–Trinajstić information content (AvgIpc) is 2.45. The molecule has 1 saturated heterocycles. The van der Waals surface area contributed by atoms with E-state index < -0.39 is 0 Å². The fourth-order valence-electron chi connectivity index (χ4n) is 2.46. The SMILES string of the molecule is C[C@H]1OCCN[C@@H]1C(=O)NCC(C)(C)c1cccc(Cl)c1. The second kappa shape index (κ2) is 6.77. The van der Waals surface area contributed by atoms with Gasteiger partial charge >= 0.3 is 0 Å². The third-order valence-electron chi connectivity index (χ3n) is 3.91. The lowest BCUT2D eigenvalue weighted by Crippen LogP contribution is -2.56. The molecule has 21 heavy (non-hydrogen) atoms. The molecular weight excluding hydrogens is 288 g/mol. The van der Waals surface area contributed by atoms with Gasteiger partial charge in [-0.3, -0.25) is 4.79 Å². The van der Waals surface area contributed by atoms with Crippen LogP contribution in [0.3, 0.4) is 0 Å². The minimum absolute atomic E-state index is 0.0164. The van der Waals surface area contributed by atoms with Crippen molar-refractivity contribution in [2.45, 2.75) is 38.3 Å². The first kappa shape index (κ1) is 16.3. The van der Waals surface area contributed by atoms with Gasteiger partial charge in [-0.2, -0.15) is 0 Å². The lowest BCUT2D eigenvalue weighted by molar-refractivity contribution is -0.129. The van der Waals surface area contributed by atoms with Gasteiger partial charge in [0.25, 0.3) is 0 Å². The minimum Gasteiger partial charge on any atom is -0.375 e. The van der Waals surface area contributed by atoms with E-state index in [1.54, 1.807) is 0 Å². The smallest absolute Gasteiger partial charge is 0.239 e. The molecule has 1 aromatic carbocycles. The van der Waals surface area contributed by atoms with Gasteiger partial charge in [-0.1, -0.05) is 37.6 Å². The molecule has 1 heterocycles. The highest BCUT2D eigenvalue weighted by Gasteiger charge is 2.30. The van der Waals surface area contributed by atoms with Crippen molar-refractivity contribution < 1.29 is 9.53 Å². The zero-order chi connectivity index (χ0) is 15.5. The van der Waals surface area contributed by atoms with Crippen LogP contribution in [0.1, 0.15) is 26.3 Å². The van der Waals surface area contributed by atoms with Gasteiger partial charge in [0, 0.05) is 23.5 Å². The van der Waals surface area contributed by atoms with Gasteiger partial charge in [-0.25, -0.2) is 0 Å². The minimum atomic E-state index is -0.283. The Labute approximate surface area is 131 Å². The van der Waals surface area contributed by atoms with Crippen molar-refractivity contribution in [3.8, 4) is 0 Å².